The zero-order valence-electron chi connectivity index (χ0n) is 11.8. The molecule has 0 saturated carbocycles. The van der Waals surface area contributed by atoms with Crippen LogP contribution in [0.15, 0.2) is 30.3 Å². The first kappa shape index (κ1) is 15.4. The maximum Gasteiger partial charge on any atom is 0.214 e. The van der Waals surface area contributed by atoms with E-state index in [0.717, 1.165) is 10.3 Å². The van der Waals surface area contributed by atoms with E-state index < -0.39 is 10.0 Å². The second-order valence-corrected chi connectivity index (χ2v) is 7.77. The third-order valence-electron chi connectivity index (χ3n) is 3.08. The molecule has 1 N–H and O–H groups in total. The van der Waals surface area contributed by atoms with E-state index in [4.69, 9.17) is 4.74 Å². The van der Waals surface area contributed by atoms with Crippen molar-refractivity contribution in [2.24, 2.45) is 0 Å². The molecule has 2 atom stereocenters. The van der Waals surface area contributed by atoms with Crippen LogP contribution >= 0.6 is 11.3 Å². The summed E-state index contributed by atoms with van der Waals surface area (Å²) in [5.41, 5.74) is 0. The van der Waals surface area contributed by atoms with Crippen LogP contribution in [-0.4, -0.2) is 27.4 Å². The number of thiophene rings is 1. The van der Waals surface area contributed by atoms with Crippen molar-refractivity contribution in [3.63, 3.8) is 0 Å². The van der Waals surface area contributed by atoms with Crippen molar-refractivity contribution in [2.45, 2.75) is 26.0 Å². The minimum absolute atomic E-state index is 0.0290. The van der Waals surface area contributed by atoms with E-state index in [0.29, 0.717) is 0 Å². The fraction of sp³-hybridized carbons (Fsp3) is 0.429. The first-order valence-corrected chi connectivity index (χ1v) is 8.89. The summed E-state index contributed by atoms with van der Waals surface area (Å²) in [6, 6.07) is 9.83. The molecule has 0 aliphatic rings. The zero-order chi connectivity index (χ0) is 14.8. The van der Waals surface area contributed by atoms with Gasteiger partial charge in [0.1, 0.15) is 0 Å². The predicted molar refractivity (Wildman–Crippen MR) is 83.6 cm³/mol. The van der Waals surface area contributed by atoms with Crippen LogP contribution in [0.4, 0.5) is 0 Å². The highest BCUT2D eigenvalue weighted by atomic mass is 32.2. The first-order chi connectivity index (χ1) is 9.41. The molecule has 20 heavy (non-hydrogen) atoms. The Bertz CT molecular complexity index is 646. The van der Waals surface area contributed by atoms with Gasteiger partial charge in [-0.3, -0.25) is 0 Å². The number of nitrogens with one attached hydrogen (secondary N) is 1. The number of sulfonamides is 1. The SMILES string of the molecule is CO[C@H](C)CS(=O)(=O)N[C@@H](C)c1cc2ccccc2s1. The number of hydrogen-bond donors (Lipinski definition) is 1. The first-order valence-electron chi connectivity index (χ1n) is 6.42. The average molecular weight is 313 g/mol. The van der Waals surface area contributed by atoms with E-state index in [9.17, 15) is 8.42 Å². The van der Waals surface area contributed by atoms with Crippen LogP contribution in [0, 0.1) is 0 Å². The minimum atomic E-state index is -3.35. The summed E-state index contributed by atoms with van der Waals surface area (Å²) >= 11 is 1.61. The molecule has 0 fully saturated rings. The molecule has 0 saturated heterocycles. The van der Waals surface area contributed by atoms with Crippen molar-refractivity contribution in [1.29, 1.82) is 0 Å². The van der Waals surface area contributed by atoms with E-state index in [2.05, 4.69) is 4.72 Å². The van der Waals surface area contributed by atoms with Gasteiger partial charge in [-0.2, -0.15) is 0 Å². The molecule has 0 aliphatic heterocycles. The molecule has 0 radical (unpaired) electrons. The van der Waals surface area contributed by atoms with Crippen LogP contribution in [0.25, 0.3) is 10.1 Å². The molecule has 1 heterocycles. The fourth-order valence-electron chi connectivity index (χ4n) is 1.97. The molecule has 0 unspecified atom stereocenters. The van der Waals surface area contributed by atoms with E-state index in [1.807, 2.05) is 37.3 Å². The third kappa shape index (κ3) is 3.79. The lowest BCUT2D eigenvalue weighted by Crippen LogP contribution is -2.33. The standard InChI is InChI=1S/C14H19NO3S2/c1-10(18-3)9-20(16,17)15-11(2)14-8-12-6-4-5-7-13(12)19-14/h4-8,10-11,15H,9H2,1-3H3/t10-,11+/m1/s1. The normalized spacial score (nSPS) is 15.3. The summed E-state index contributed by atoms with van der Waals surface area (Å²) in [6.07, 6.45) is -0.317. The van der Waals surface area contributed by atoms with Gasteiger partial charge in [0, 0.05) is 16.7 Å². The Kier molecular flexibility index (Phi) is 4.80. The fourth-order valence-corrected chi connectivity index (χ4v) is 4.63. The second kappa shape index (κ2) is 6.22. The molecule has 110 valence electrons. The van der Waals surface area contributed by atoms with Crippen molar-refractivity contribution >= 4 is 31.4 Å². The van der Waals surface area contributed by atoms with Gasteiger partial charge in [-0.05, 0) is 31.4 Å². The average Bonchev–Trinajstić information content (AvgIpc) is 2.81. The summed E-state index contributed by atoms with van der Waals surface area (Å²) < 4.78 is 32.9. The van der Waals surface area contributed by atoms with E-state index >= 15 is 0 Å². The summed E-state index contributed by atoms with van der Waals surface area (Å²) in [4.78, 5) is 1.01. The Hall–Kier alpha value is -0.950. The maximum atomic E-state index is 12.0. The maximum absolute atomic E-state index is 12.0. The summed E-state index contributed by atoms with van der Waals surface area (Å²) in [7, 11) is -1.84. The number of ether oxygens (including phenoxy) is 1. The van der Waals surface area contributed by atoms with E-state index in [-0.39, 0.29) is 17.9 Å². The van der Waals surface area contributed by atoms with Gasteiger partial charge < -0.3 is 4.74 Å². The van der Waals surface area contributed by atoms with Crippen molar-refractivity contribution in [1.82, 2.24) is 4.72 Å². The molecular weight excluding hydrogens is 294 g/mol. The lowest BCUT2D eigenvalue weighted by molar-refractivity contribution is 0.136. The topological polar surface area (TPSA) is 55.4 Å². The number of hydrogen-bond acceptors (Lipinski definition) is 4. The Morgan fingerprint density at radius 3 is 2.65 bits per heavy atom. The molecule has 1 aromatic carbocycles. The van der Waals surface area contributed by atoms with E-state index in [1.54, 1.807) is 18.3 Å². The van der Waals surface area contributed by atoms with Crippen LogP contribution in [0.1, 0.15) is 24.8 Å². The lowest BCUT2D eigenvalue weighted by Gasteiger charge is -2.15. The summed E-state index contributed by atoms with van der Waals surface area (Å²) in [5.74, 6) is -0.0290. The van der Waals surface area contributed by atoms with Crippen molar-refractivity contribution in [3.8, 4) is 0 Å². The van der Waals surface area contributed by atoms with Crippen LogP contribution in [0.2, 0.25) is 0 Å². The molecular formula is C14H19NO3S2. The molecule has 0 spiro atoms. The smallest absolute Gasteiger partial charge is 0.214 e. The van der Waals surface area contributed by atoms with Crippen LogP contribution in [0.3, 0.4) is 0 Å². The van der Waals surface area contributed by atoms with Gasteiger partial charge in [-0.1, -0.05) is 18.2 Å². The van der Waals surface area contributed by atoms with Crippen LogP contribution in [-0.2, 0) is 14.8 Å². The van der Waals surface area contributed by atoms with Gasteiger partial charge in [0.15, 0.2) is 0 Å². The molecule has 2 rings (SSSR count). The van der Waals surface area contributed by atoms with Gasteiger partial charge in [0.05, 0.1) is 17.9 Å². The Morgan fingerprint density at radius 2 is 2.00 bits per heavy atom. The van der Waals surface area contributed by atoms with E-state index in [1.165, 1.54) is 11.8 Å². The molecule has 1 aromatic heterocycles. The van der Waals surface area contributed by atoms with Gasteiger partial charge in [-0.15, -0.1) is 11.3 Å². The van der Waals surface area contributed by atoms with Crippen molar-refractivity contribution < 1.29 is 13.2 Å². The highest BCUT2D eigenvalue weighted by Crippen LogP contribution is 2.29. The highest BCUT2D eigenvalue weighted by molar-refractivity contribution is 7.89. The van der Waals surface area contributed by atoms with Gasteiger partial charge in [0.25, 0.3) is 0 Å². The molecule has 6 heteroatoms. The minimum Gasteiger partial charge on any atom is -0.381 e. The van der Waals surface area contributed by atoms with Gasteiger partial charge >= 0.3 is 0 Å². The largest absolute Gasteiger partial charge is 0.381 e. The predicted octanol–water partition coefficient (Wildman–Crippen LogP) is 2.92. The lowest BCUT2D eigenvalue weighted by atomic mass is 10.2. The Balaban J connectivity index is 2.13. The van der Waals surface area contributed by atoms with Crippen molar-refractivity contribution in [2.75, 3.05) is 12.9 Å². The molecule has 0 amide bonds. The van der Waals surface area contributed by atoms with Crippen LogP contribution in [0.5, 0.6) is 0 Å². The zero-order valence-corrected chi connectivity index (χ0v) is 13.4. The molecule has 0 aliphatic carbocycles. The molecule has 4 nitrogen and oxygen atoms in total. The Labute approximate surface area is 123 Å². The second-order valence-electron chi connectivity index (χ2n) is 4.85. The monoisotopic (exact) mass is 313 g/mol. The summed E-state index contributed by atoms with van der Waals surface area (Å²) in [5, 5.41) is 1.14. The summed E-state index contributed by atoms with van der Waals surface area (Å²) in [6.45, 7) is 3.60. The molecule has 2 aromatic rings. The van der Waals surface area contributed by atoms with Crippen molar-refractivity contribution in [3.05, 3.63) is 35.2 Å². The number of benzene rings is 1. The van der Waals surface area contributed by atoms with Gasteiger partial charge in [0.2, 0.25) is 10.0 Å². The van der Waals surface area contributed by atoms with Crippen LogP contribution < -0.4 is 4.72 Å². The number of rotatable bonds is 6. The third-order valence-corrected chi connectivity index (χ3v) is 6.00. The highest BCUT2D eigenvalue weighted by Gasteiger charge is 2.20. The quantitative estimate of drug-likeness (QED) is 0.892. The van der Waals surface area contributed by atoms with Gasteiger partial charge in [-0.25, -0.2) is 13.1 Å². The number of methoxy groups -OCH3 is 1. The number of fused-ring (bicyclic) bond motifs is 1. The Morgan fingerprint density at radius 1 is 1.30 bits per heavy atom. The molecule has 0 bridgehead atoms.